The zero-order valence-corrected chi connectivity index (χ0v) is 11.2. The smallest absolute Gasteiger partial charge is 0.414 e. The van der Waals surface area contributed by atoms with Gasteiger partial charge in [0.15, 0.2) is 0 Å². The van der Waals surface area contributed by atoms with Crippen molar-refractivity contribution in [2.24, 2.45) is 0 Å². The normalized spacial score (nSPS) is 22.4. The quantitative estimate of drug-likeness (QED) is 0.830. The van der Waals surface area contributed by atoms with Crippen molar-refractivity contribution in [2.45, 2.75) is 31.8 Å². The molecule has 3 rings (SSSR count). The molecule has 1 heterocycles. The average Bonchev–Trinajstić information content (AvgIpc) is 2.71. The first-order chi connectivity index (χ1) is 9.67. The Hall–Kier alpha value is -1.88. The Morgan fingerprint density at radius 1 is 1.25 bits per heavy atom. The van der Waals surface area contributed by atoms with Crippen LogP contribution in [0.2, 0.25) is 0 Å². The van der Waals surface area contributed by atoms with Crippen LogP contribution in [-0.4, -0.2) is 36.2 Å². The van der Waals surface area contributed by atoms with E-state index in [1.165, 1.54) is 4.90 Å². The van der Waals surface area contributed by atoms with Crippen LogP contribution in [0.4, 0.5) is 10.5 Å². The van der Waals surface area contributed by atoms with Crippen LogP contribution in [-0.2, 0) is 22.4 Å². The number of ketones is 1. The highest BCUT2D eigenvalue weighted by molar-refractivity contribution is 5.90. The van der Waals surface area contributed by atoms with Crippen LogP contribution in [0.1, 0.15) is 24.0 Å². The maximum absolute atomic E-state index is 11.8. The van der Waals surface area contributed by atoms with Crippen molar-refractivity contribution in [3.8, 4) is 0 Å². The van der Waals surface area contributed by atoms with E-state index in [1.54, 1.807) is 0 Å². The van der Waals surface area contributed by atoms with Crippen LogP contribution < -0.4 is 4.90 Å². The number of nitrogens with zero attached hydrogens (tertiary/aromatic N) is 1. The molecule has 5 heteroatoms. The first-order valence-corrected chi connectivity index (χ1v) is 6.90. The number of cyclic esters (lactones) is 1. The van der Waals surface area contributed by atoms with Crippen LogP contribution in [0.5, 0.6) is 0 Å². The number of anilines is 1. The van der Waals surface area contributed by atoms with Gasteiger partial charge >= 0.3 is 6.09 Å². The van der Waals surface area contributed by atoms with Crippen molar-refractivity contribution in [2.75, 3.05) is 18.1 Å². The predicted molar refractivity (Wildman–Crippen MR) is 72.8 cm³/mol. The van der Waals surface area contributed by atoms with Crippen molar-refractivity contribution >= 4 is 17.6 Å². The molecule has 5 nitrogen and oxygen atoms in total. The van der Waals surface area contributed by atoms with Gasteiger partial charge in [0.2, 0.25) is 0 Å². The van der Waals surface area contributed by atoms with Crippen molar-refractivity contribution in [3.63, 3.8) is 0 Å². The zero-order chi connectivity index (χ0) is 14.1. The van der Waals surface area contributed by atoms with Gasteiger partial charge in [-0.2, -0.15) is 0 Å². The highest BCUT2D eigenvalue weighted by Gasteiger charge is 2.32. The molecule has 1 saturated heterocycles. The molecule has 1 aliphatic heterocycles. The second-order valence-electron chi connectivity index (χ2n) is 5.32. The van der Waals surface area contributed by atoms with E-state index in [-0.39, 0.29) is 12.4 Å². The lowest BCUT2D eigenvalue weighted by atomic mass is 10.0. The Morgan fingerprint density at radius 2 is 2.10 bits per heavy atom. The summed E-state index contributed by atoms with van der Waals surface area (Å²) in [6.07, 6.45) is 1.96. The fourth-order valence-electron chi connectivity index (χ4n) is 2.79. The number of Topliss-reactive ketones (excluding diaryl/α,β-unsaturated/α-hetero) is 1. The molecule has 1 amide bonds. The fraction of sp³-hybridized carbons (Fsp3) is 0.467. The number of carbonyl (C=O) groups excluding carboxylic acids is 2. The summed E-state index contributed by atoms with van der Waals surface area (Å²) in [5.74, 6) is 0.275. The van der Waals surface area contributed by atoms with Crippen LogP contribution in [0.3, 0.4) is 0 Å². The summed E-state index contributed by atoms with van der Waals surface area (Å²) in [5.41, 5.74) is 2.97. The van der Waals surface area contributed by atoms with Gasteiger partial charge in [0.05, 0.1) is 13.2 Å². The Bertz CT molecular complexity index is 555. The van der Waals surface area contributed by atoms with E-state index in [9.17, 15) is 9.59 Å². The molecular formula is C15H17NO4. The molecule has 0 bridgehead atoms. The maximum Gasteiger partial charge on any atom is 0.414 e. The van der Waals surface area contributed by atoms with Gasteiger partial charge < -0.3 is 9.84 Å². The first-order valence-electron chi connectivity index (χ1n) is 6.90. The van der Waals surface area contributed by atoms with Crippen molar-refractivity contribution in [1.29, 1.82) is 0 Å². The molecule has 20 heavy (non-hydrogen) atoms. The molecule has 0 radical (unpaired) electrons. The summed E-state index contributed by atoms with van der Waals surface area (Å²) in [7, 11) is 0. The molecule has 1 unspecified atom stereocenters. The molecule has 1 N–H and O–H groups in total. The van der Waals surface area contributed by atoms with E-state index in [0.29, 0.717) is 19.4 Å². The lowest BCUT2D eigenvalue weighted by Gasteiger charge is -2.15. The second kappa shape index (κ2) is 5.25. The molecule has 1 fully saturated rings. The third kappa shape index (κ3) is 2.41. The van der Waals surface area contributed by atoms with E-state index in [4.69, 9.17) is 9.84 Å². The number of aliphatic hydroxyl groups is 1. The topological polar surface area (TPSA) is 66.8 Å². The molecule has 1 aliphatic carbocycles. The number of carbonyl (C=O) groups is 2. The molecule has 106 valence electrons. The molecule has 0 aromatic heterocycles. The van der Waals surface area contributed by atoms with E-state index < -0.39 is 12.2 Å². The van der Waals surface area contributed by atoms with Gasteiger partial charge in [-0.3, -0.25) is 9.69 Å². The van der Waals surface area contributed by atoms with Crippen LogP contribution in [0.25, 0.3) is 0 Å². The summed E-state index contributed by atoms with van der Waals surface area (Å²) >= 11 is 0. The number of amides is 1. The Kier molecular flexibility index (Phi) is 3.44. The van der Waals surface area contributed by atoms with E-state index in [1.807, 2.05) is 18.2 Å². The number of benzene rings is 1. The SMILES string of the molecule is O=C1CCCc2cc(N3CC(CO)OC3=O)ccc2C1. The number of hydrogen-bond acceptors (Lipinski definition) is 4. The summed E-state index contributed by atoms with van der Waals surface area (Å²) in [6.45, 7) is 0.203. The molecule has 1 atom stereocenters. The lowest BCUT2D eigenvalue weighted by Crippen LogP contribution is -2.25. The minimum Gasteiger partial charge on any atom is -0.441 e. The maximum atomic E-state index is 11.8. The third-order valence-electron chi connectivity index (χ3n) is 3.87. The number of fused-ring (bicyclic) bond motifs is 1. The van der Waals surface area contributed by atoms with Gasteiger partial charge in [-0.25, -0.2) is 4.79 Å². The summed E-state index contributed by atoms with van der Waals surface area (Å²) in [5, 5.41) is 9.07. The summed E-state index contributed by atoms with van der Waals surface area (Å²) < 4.78 is 5.05. The number of aliphatic hydroxyl groups excluding tert-OH is 1. The minimum absolute atomic E-state index is 0.165. The van der Waals surface area contributed by atoms with Crippen LogP contribution >= 0.6 is 0 Å². The number of rotatable bonds is 2. The predicted octanol–water partition coefficient (Wildman–Crippen LogP) is 1.45. The molecule has 1 aromatic carbocycles. The monoisotopic (exact) mass is 275 g/mol. The van der Waals surface area contributed by atoms with Crippen LogP contribution in [0.15, 0.2) is 18.2 Å². The number of ether oxygens (including phenoxy) is 1. The molecule has 0 saturated carbocycles. The van der Waals surface area contributed by atoms with Gasteiger partial charge in [0.1, 0.15) is 11.9 Å². The lowest BCUT2D eigenvalue weighted by molar-refractivity contribution is -0.118. The van der Waals surface area contributed by atoms with Gasteiger partial charge in [-0.05, 0) is 36.1 Å². The molecule has 2 aliphatic rings. The van der Waals surface area contributed by atoms with Gasteiger partial charge in [-0.1, -0.05) is 6.07 Å². The summed E-state index contributed by atoms with van der Waals surface area (Å²) in [4.78, 5) is 24.9. The van der Waals surface area contributed by atoms with Gasteiger partial charge in [0, 0.05) is 18.5 Å². The summed E-state index contributed by atoms with van der Waals surface area (Å²) in [6, 6.07) is 5.74. The van der Waals surface area contributed by atoms with Crippen molar-refractivity contribution in [1.82, 2.24) is 0 Å². The van der Waals surface area contributed by atoms with E-state index >= 15 is 0 Å². The second-order valence-corrected chi connectivity index (χ2v) is 5.32. The number of hydrogen-bond donors (Lipinski definition) is 1. The van der Waals surface area contributed by atoms with Gasteiger partial charge in [0.25, 0.3) is 0 Å². The van der Waals surface area contributed by atoms with Crippen molar-refractivity contribution in [3.05, 3.63) is 29.3 Å². The Morgan fingerprint density at radius 3 is 2.85 bits per heavy atom. The largest absolute Gasteiger partial charge is 0.441 e. The van der Waals surface area contributed by atoms with Crippen LogP contribution in [0, 0.1) is 0 Å². The van der Waals surface area contributed by atoms with Crippen molar-refractivity contribution < 1.29 is 19.4 Å². The minimum atomic E-state index is -0.456. The van der Waals surface area contributed by atoms with E-state index in [0.717, 1.165) is 29.7 Å². The Labute approximate surface area is 117 Å². The standard InChI is InChI=1S/C15H17NO4/c17-9-14-8-16(15(19)20-14)12-5-4-11-7-13(18)3-1-2-10(11)6-12/h4-6,14,17H,1-3,7-9H2. The van der Waals surface area contributed by atoms with Gasteiger partial charge in [-0.15, -0.1) is 0 Å². The zero-order valence-electron chi connectivity index (χ0n) is 11.2. The fourth-order valence-corrected chi connectivity index (χ4v) is 2.79. The highest BCUT2D eigenvalue weighted by Crippen LogP contribution is 2.27. The third-order valence-corrected chi connectivity index (χ3v) is 3.87. The average molecular weight is 275 g/mol. The molecule has 0 spiro atoms. The molecular weight excluding hydrogens is 258 g/mol. The molecule has 1 aromatic rings. The highest BCUT2D eigenvalue weighted by atomic mass is 16.6. The number of aryl methyl sites for hydroxylation is 1. The first kappa shape index (κ1) is 13.1. The Balaban J connectivity index is 1.87. The van der Waals surface area contributed by atoms with E-state index in [2.05, 4.69) is 0 Å².